The number of carbonyl (C=O) groups excluding carboxylic acids is 1. The van der Waals surface area contributed by atoms with Gasteiger partial charge in [-0.3, -0.25) is 9.69 Å². The van der Waals surface area contributed by atoms with Gasteiger partial charge in [-0.15, -0.1) is 6.58 Å². The van der Waals surface area contributed by atoms with Gasteiger partial charge in [0, 0.05) is 38.2 Å². The molecule has 6 nitrogen and oxygen atoms in total. The molecule has 1 aliphatic heterocycles. The smallest absolute Gasteiger partial charge is 0.227 e. The number of rotatable bonds is 10. The molecule has 36 heavy (non-hydrogen) atoms. The van der Waals surface area contributed by atoms with Crippen molar-refractivity contribution >= 4 is 5.91 Å². The van der Waals surface area contributed by atoms with Crippen molar-refractivity contribution in [3.05, 3.63) is 89.5 Å². The molecule has 0 saturated heterocycles. The molecule has 2 heterocycles. The molecule has 2 aromatic carbocycles. The van der Waals surface area contributed by atoms with Gasteiger partial charge >= 0.3 is 0 Å². The van der Waals surface area contributed by atoms with Gasteiger partial charge in [-0.25, -0.2) is 9.07 Å². The minimum absolute atomic E-state index is 0.00894. The molecule has 0 unspecified atom stereocenters. The molecule has 0 aliphatic carbocycles. The number of hydrogen-bond acceptors (Lipinski definition) is 4. The molecule has 190 valence electrons. The summed E-state index contributed by atoms with van der Waals surface area (Å²) in [5, 5.41) is 5.05. The van der Waals surface area contributed by atoms with E-state index in [1.54, 1.807) is 19.2 Å². The Morgan fingerprint density at radius 3 is 2.67 bits per heavy atom. The van der Waals surface area contributed by atoms with Crippen LogP contribution in [0.2, 0.25) is 0 Å². The van der Waals surface area contributed by atoms with Gasteiger partial charge in [0.05, 0.1) is 31.5 Å². The van der Waals surface area contributed by atoms with Crippen molar-refractivity contribution in [2.24, 2.45) is 5.92 Å². The number of para-hydroxylation sites is 2. The van der Waals surface area contributed by atoms with Gasteiger partial charge < -0.3 is 9.64 Å². The molecule has 1 amide bonds. The standard InChI is InChI=1S/C29H35FN4O2/c1-5-15-32-16-14-26-24(19-32)25(31-34(26)27-8-6-7-9-28(27)36-4)20-33(18-21(2)3)29(35)17-22-10-12-23(30)13-11-22/h5-13,21H,1,14-20H2,2-4H3. The second kappa shape index (κ2) is 11.5. The Kier molecular flexibility index (Phi) is 8.21. The van der Waals surface area contributed by atoms with Crippen LogP contribution >= 0.6 is 0 Å². The Labute approximate surface area is 213 Å². The summed E-state index contributed by atoms with van der Waals surface area (Å²) < 4.78 is 21.0. The van der Waals surface area contributed by atoms with Gasteiger partial charge in [-0.2, -0.15) is 5.10 Å². The summed E-state index contributed by atoms with van der Waals surface area (Å²) >= 11 is 0. The predicted molar refractivity (Wildman–Crippen MR) is 140 cm³/mol. The highest BCUT2D eigenvalue weighted by Gasteiger charge is 2.28. The van der Waals surface area contributed by atoms with E-state index in [2.05, 4.69) is 25.3 Å². The summed E-state index contributed by atoms with van der Waals surface area (Å²) in [6, 6.07) is 14.0. The Hall–Kier alpha value is -3.45. The van der Waals surface area contributed by atoms with Crippen molar-refractivity contribution in [3.8, 4) is 11.4 Å². The Morgan fingerprint density at radius 2 is 1.97 bits per heavy atom. The van der Waals surface area contributed by atoms with Crippen molar-refractivity contribution < 1.29 is 13.9 Å². The first-order chi connectivity index (χ1) is 17.4. The molecule has 7 heteroatoms. The van der Waals surface area contributed by atoms with Crippen molar-refractivity contribution in [3.63, 3.8) is 0 Å². The molecule has 1 aromatic heterocycles. The van der Waals surface area contributed by atoms with Crippen molar-refractivity contribution in [1.29, 1.82) is 0 Å². The monoisotopic (exact) mass is 490 g/mol. The van der Waals surface area contributed by atoms with Crippen molar-refractivity contribution in [1.82, 2.24) is 19.6 Å². The van der Waals surface area contributed by atoms with Crippen LogP contribution in [0.4, 0.5) is 4.39 Å². The van der Waals surface area contributed by atoms with E-state index in [4.69, 9.17) is 9.84 Å². The number of hydrogen-bond donors (Lipinski definition) is 0. The first-order valence-electron chi connectivity index (χ1n) is 12.5. The lowest BCUT2D eigenvalue weighted by molar-refractivity contribution is -0.131. The molecule has 0 N–H and O–H groups in total. The molecular weight excluding hydrogens is 455 g/mol. The third-order valence-corrected chi connectivity index (χ3v) is 6.47. The average Bonchev–Trinajstić information content (AvgIpc) is 3.22. The number of benzene rings is 2. The molecule has 0 atom stereocenters. The lowest BCUT2D eigenvalue weighted by Crippen LogP contribution is -2.36. The molecule has 4 rings (SSSR count). The molecule has 0 fully saturated rings. The zero-order chi connectivity index (χ0) is 25.7. The number of aromatic nitrogens is 2. The molecule has 0 saturated carbocycles. The van der Waals surface area contributed by atoms with E-state index < -0.39 is 0 Å². The predicted octanol–water partition coefficient (Wildman–Crippen LogP) is 4.79. The normalized spacial score (nSPS) is 13.5. The Bertz CT molecular complexity index is 1200. The van der Waals surface area contributed by atoms with E-state index in [1.165, 1.54) is 12.1 Å². The second-order valence-corrected chi connectivity index (χ2v) is 9.70. The highest BCUT2D eigenvalue weighted by atomic mass is 19.1. The lowest BCUT2D eigenvalue weighted by Gasteiger charge is -2.28. The number of fused-ring (bicyclic) bond motifs is 1. The first-order valence-corrected chi connectivity index (χ1v) is 12.5. The quantitative estimate of drug-likeness (QED) is 0.384. The molecule has 1 aliphatic rings. The average molecular weight is 491 g/mol. The Morgan fingerprint density at radius 1 is 1.22 bits per heavy atom. The van der Waals surface area contributed by atoms with Crippen LogP contribution in [0.3, 0.4) is 0 Å². The summed E-state index contributed by atoms with van der Waals surface area (Å²) in [7, 11) is 1.67. The van der Waals surface area contributed by atoms with Crippen LogP contribution in [0, 0.1) is 11.7 Å². The fraction of sp³-hybridized carbons (Fsp3) is 0.379. The highest BCUT2D eigenvalue weighted by Crippen LogP contribution is 2.30. The Balaban J connectivity index is 1.69. The maximum Gasteiger partial charge on any atom is 0.227 e. The molecule has 0 bridgehead atoms. The van der Waals surface area contributed by atoms with E-state index in [0.29, 0.717) is 19.0 Å². The minimum atomic E-state index is -0.303. The number of nitrogens with zero attached hydrogens (tertiary/aromatic N) is 4. The SMILES string of the molecule is C=CCN1CCc2c(c(CN(CC(C)C)C(=O)Cc3ccc(F)cc3)nn2-c2ccccc2OC)C1. The number of amides is 1. The van der Waals surface area contributed by atoms with E-state index in [0.717, 1.165) is 60.0 Å². The summed E-state index contributed by atoms with van der Waals surface area (Å²) in [5.41, 5.74) is 4.92. The number of carbonyl (C=O) groups is 1. The van der Waals surface area contributed by atoms with Crippen molar-refractivity contribution in [2.45, 2.75) is 39.8 Å². The maximum absolute atomic E-state index is 13.4. The zero-order valence-corrected chi connectivity index (χ0v) is 21.4. The first kappa shape index (κ1) is 25.6. The summed E-state index contributed by atoms with van der Waals surface area (Å²) in [6.45, 7) is 11.6. The summed E-state index contributed by atoms with van der Waals surface area (Å²) in [4.78, 5) is 17.6. The van der Waals surface area contributed by atoms with Crippen LogP contribution < -0.4 is 4.74 Å². The molecule has 0 spiro atoms. The van der Waals surface area contributed by atoms with Crippen LogP contribution in [0.5, 0.6) is 5.75 Å². The minimum Gasteiger partial charge on any atom is -0.494 e. The highest BCUT2D eigenvalue weighted by molar-refractivity contribution is 5.78. The lowest BCUT2D eigenvalue weighted by atomic mass is 10.0. The largest absolute Gasteiger partial charge is 0.494 e. The van der Waals surface area contributed by atoms with Crippen LogP contribution in [0.15, 0.2) is 61.2 Å². The number of methoxy groups -OCH3 is 1. The van der Waals surface area contributed by atoms with Gasteiger partial charge in [0.25, 0.3) is 0 Å². The van der Waals surface area contributed by atoms with Gasteiger partial charge in [-0.05, 0) is 35.7 Å². The molecule has 0 radical (unpaired) electrons. The van der Waals surface area contributed by atoms with E-state index in [1.807, 2.05) is 39.9 Å². The zero-order valence-electron chi connectivity index (χ0n) is 21.4. The topological polar surface area (TPSA) is 50.6 Å². The number of ether oxygens (including phenoxy) is 1. The van der Waals surface area contributed by atoms with Gasteiger partial charge in [0.2, 0.25) is 5.91 Å². The van der Waals surface area contributed by atoms with Crippen LogP contribution in [0.25, 0.3) is 5.69 Å². The number of halogens is 1. The van der Waals surface area contributed by atoms with E-state index >= 15 is 0 Å². The van der Waals surface area contributed by atoms with Gasteiger partial charge in [-0.1, -0.05) is 44.2 Å². The van der Waals surface area contributed by atoms with Gasteiger partial charge in [0.15, 0.2) is 0 Å². The molecule has 3 aromatic rings. The third kappa shape index (κ3) is 5.85. The van der Waals surface area contributed by atoms with E-state index in [9.17, 15) is 9.18 Å². The summed E-state index contributed by atoms with van der Waals surface area (Å²) in [5.74, 6) is 0.762. The van der Waals surface area contributed by atoms with Crippen LogP contribution in [-0.2, 0) is 30.7 Å². The van der Waals surface area contributed by atoms with Crippen LogP contribution in [-0.4, -0.2) is 52.2 Å². The molecular formula is C29H35FN4O2. The third-order valence-electron chi connectivity index (χ3n) is 6.47. The van der Waals surface area contributed by atoms with Gasteiger partial charge in [0.1, 0.15) is 17.3 Å². The maximum atomic E-state index is 13.4. The van der Waals surface area contributed by atoms with Crippen LogP contribution in [0.1, 0.15) is 36.4 Å². The fourth-order valence-corrected chi connectivity index (χ4v) is 4.78. The second-order valence-electron chi connectivity index (χ2n) is 9.70. The fourth-order valence-electron chi connectivity index (χ4n) is 4.78. The summed E-state index contributed by atoms with van der Waals surface area (Å²) in [6.07, 6.45) is 3.00. The van der Waals surface area contributed by atoms with Crippen molar-refractivity contribution in [2.75, 3.05) is 26.7 Å². The van der Waals surface area contributed by atoms with E-state index in [-0.39, 0.29) is 18.1 Å².